The second kappa shape index (κ2) is 4.39. The van der Waals surface area contributed by atoms with E-state index in [1.165, 1.54) is 18.4 Å². The minimum Gasteiger partial charge on any atom is -0.457 e. The zero-order valence-corrected chi connectivity index (χ0v) is 10.2. The number of aliphatic hydroxyl groups excluding tert-OH is 1. The second-order valence-corrected chi connectivity index (χ2v) is 4.33. The first kappa shape index (κ1) is 11.4. The molecule has 16 heavy (non-hydrogen) atoms. The Labute approximate surface area is 101 Å². The molecule has 1 atom stereocenters. The van der Waals surface area contributed by atoms with Crippen molar-refractivity contribution < 1.29 is 13.9 Å². The van der Waals surface area contributed by atoms with Crippen molar-refractivity contribution in [2.24, 2.45) is 0 Å². The van der Waals surface area contributed by atoms with Crippen LogP contribution in [0.4, 0.5) is 4.39 Å². The highest BCUT2D eigenvalue weighted by Crippen LogP contribution is 2.30. The van der Waals surface area contributed by atoms with E-state index >= 15 is 0 Å². The molecule has 0 saturated carbocycles. The van der Waals surface area contributed by atoms with Gasteiger partial charge in [-0.3, -0.25) is 0 Å². The highest BCUT2D eigenvalue weighted by Gasteiger charge is 2.16. The van der Waals surface area contributed by atoms with Crippen LogP contribution in [0.2, 0.25) is 0 Å². The number of furan rings is 1. The first-order valence-corrected chi connectivity index (χ1v) is 5.55. The highest BCUT2D eigenvalue weighted by molar-refractivity contribution is 9.10. The number of aryl methyl sites for hydroxylation is 1. The molecule has 1 unspecified atom stereocenters. The van der Waals surface area contributed by atoms with Gasteiger partial charge in [-0.15, -0.1) is 0 Å². The van der Waals surface area contributed by atoms with E-state index in [1.807, 2.05) is 0 Å². The van der Waals surface area contributed by atoms with Crippen molar-refractivity contribution in [2.45, 2.75) is 13.0 Å². The lowest BCUT2D eigenvalue weighted by Gasteiger charge is -2.10. The van der Waals surface area contributed by atoms with Gasteiger partial charge in [0.25, 0.3) is 0 Å². The predicted octanol–water partition coefficient (Wildman–Crippen LogP) is 3.57. The normalized spacial score (nSPS) is 12.8. The van der Waals surface area contributed by atoms with Gasteiger partial charge in [-0.05, 0) is 52.2 Å². The van der Waals surface area contributed by atoms with Crippen LogP contribution in [-0.4, -0.2) is 5.11 Å². The van der Waals surface area contributed by atoms with E-state index in [4.69, 9.17) is 4.42 Å². The zero-order valence-electron chi connectivity index (χ0n) is 8.58. The maximum Gasteiger partial charge on any atom is 0.175 e. The van der Waals surface area contributed by atoms with Crippen molar-refractivity contribution in [1.82, 2.24) is 0 Å². The molecular formula is C12H10BrFO2. The molecule has 1 aromatic carbocycles. The smallest absolute Gasteiger partial charge is 0.175 e. The largest absolute Gasteiger partial charge is 0.457 e. The maximum absolute atomic E-state index is 13.2. The Morgan fingerprint density at radius 1 is 1.38 bits per heavy atom. The molecule has 84 valence electrons. The van der Waals surface area contributed by atoms with Crippen LogP contribution >= 0.6 is 15.9 Å². The molecule has 0 radical (unpaired) electrons. The number of rotatable bonds is 2. The minimum absolute atomic E-state index is 0.353. The van der Waals surface area contributed by atoms with Gasteiger partial charge in [0.2, 0.25) is 0 Å². The van der Waals surface area contributed by atoms with E-state index in [0.29, 0.717) is 15.8 Å². The van der Waals surface area contributed by atoms with Gasteiger partial charge >= 0.3 is 0 Å². The second-order valence-electron chi connectivity index (χ2n) is 3.61. The van der Waals surface area contributed by atoms with Gasteiger partial charge in [-0.25, -0.2) is 4.39 Å². The summed E-state index contributed by atoms with van der Waals surface area (Å²) in [6.07, 6.45) is 0.581. The lowest BCUT2D eigenvalue weighted by molar-refractivity contribution is 0.217. The summed E-state index contributed by atoms with van der Waals surface area (Å²) in [4.78, 5) is 0. The average Bonchev–Trinajstić information content (AvgIpc) is 2.62. The number of benzene rings is 1. The molecule has 2 rings (SSSR count). The zero-order chi connectivity index (χ0) is 11.7. The van der Waals surface area contributed by atoms with Crippen molar-refractivity contribution in [1.29, 1.82) is 0 Å². The third-order valence-corrected chi connectivity index (χ3v) is 2.97. The standard InChI is InChI=1S/C12H10BrFO2/c1-7-4-8(6-9(14)5-7)11(15)10-2-3-16-12(10)13/h2-6,11,15H,1H3. The van der Waals surface area contributed by atoms with E-state index in [1.54, 1.807) is 19.1 Å². The fraction of sp³-hybridized carbons (Fsp3) is 0.167. The average molecular weight is 285 g/mol. The molecule has 1 heterocycles. The Bertz CT molecular complexity index is 487. The fourth-order valence-corrected chi connectivity index (χ4v) is 2.06. The molecule has 0 aliphatic rings. The third kappa shape index (κ3) is 2.18. The summed E-state index contributed by atoms with van der Waals surface area (Å²) >= 11 is 3.18. The van der Waals surface area contributed by atoms with Gasteiger partial charge in [0.05, 0.1) is 6.26 Å². The molecule has 2 aromatic rings. The summed E-state index contributed by atoms with van der Waals surface area (Å²) in [5.74, 6) is -0.353. The Morgan fingerprint density at radius 2 is 2.12 bits per heavy atom. The summed E-state index contributed by atoms with van der Waals surface area (Å²) in [5, 5.41) is 10.1. The molecular weight excluding hydrogens is 275 g/mol. The predicted molar refractivity (Wildman–Crippen MR) is 61.6 cm³/mol. The fourth-order valence-electron chi connectivity index (χ4n) is 1.60. The van der Waals surface area contributed by atoms with Gasteiger partial charge in [-0.2, -0.15) is 0 Å². The van der Waals surface area contributed by atoms with Crippen LogP contribution in [0.1, 0.15) is 22.8 Å². The van der Waals surface area contributed by atoms with E-state index in [9.17, 15) is 9.50 Å². The molecule has 0 aliphatic heterocycles. The van der Waals surface area contributed by atoms with Crippen LogP contribution in [0.25, 0.3) is 0 Å². The van der Waals surface area contributed by atoms with Gasteiger partial charge in [-0.1, -0.05) is 6.07 Å². The maximum atomic E-state index is 13.2. The monoisotopic (exact) mass is 284 g/mol. The first-order valence-electron chi connectivity index (χ1n) is 4.76. The van der Waals surface area contributed by atoms with Crippen LogP contribution in [0.15, 0.2) is 39.6 Å². The summed E-state index contributed by atoms with van der Waals surface area (Å²) in [6, 6.07) is 6.12. The summed E-state index contributed by atoms with van der Waals surface area (Å²) < 4.78 is 18.7. The van der Waals surface area contributed by atoms with Crippen molar-refractivity contribution in [2.75, 3.05) is 0 Å². The Kier molecular flexibility index (Phi) is 3.12. The molecule has 0 amide bonds. The summed E-state index contributed by atoms with van der Waals surface area (Å²) in [7, 11) is 0. The van der Waals surface area contributed by atoms with Crippen molar-refractivity contribution in [3.05, 3.63) is 57.7 Å². The Balaban J connectivity index is 2.41. The van der Waals surface area contributed by atoms with Gasteiger partial charge in [0.1, 0.15) is 11.9 Å². The number of hydrogen-bond donors (Lipinski definition) is 1. The van der Waals surface area contributed by atoms with Gasteiger partial charge in [0, 0.05) is 5.56 Å². The van der Waals surface area contributed by atoms with Gasteiger partial charge < -0.3 is 9.52 Å². The lowest BCUT2D eigenvalue weighted by Crippen LogP contribution is -2.00. The van der Waals surface area contributed by atoms with E-state index in [2.05, 4.69) is 15.9 Å². The SMILES string of the molecule is Cc1cc(F)cc(C(O)c2ccoc2Br)c1. The Hall–Kier alpha value is -1.13. The molecule has 0 saturated heterocycles. The topological polar surface area (TPSA) is 33.4 Å². The van der Waals surface area contributed by atoms with Crippen molar-refractivity contribution in [3.8, 4) is 0 Å². The number of halogens is 2. The van der Waals surface area contributed by atoms with E-state index < -0.39 is 6.10 Å². The van der Waals surface area contributed by atoms with Gasteiger partial charge in [0.15, 0.2) is 4.67 Å². The van der Waals surface area contributed by atoms with Crippen LogP contribution in [-0.2, 0) is 0 Å². The first-order chi connectivity index (χ1) is 7.58. The summed E-state index contributed by atoms with van der Waals surface area (Å²) in [5.41, 5.74) is 1.87. The molecule has 0 aliphatic carbocycles. The lowest BCUT2D eigenvalue weighted by atomic mass is 10.0. The molecule has 1 aromatic heterocycles. The molecule has 0 fully saturated rings. The van der Waals surface area contributed by atoms with Crippen LogP contribution in [0, 0.1) is 12.7 Å². The van der Waals surface area contributed by atoms with Crippen LogP contribution in [0.5, 0.6) is 0 Å². The number of aliphatic hydroxyl groups is 1. The molecule has 0 spiro atoms. The van der Waals surface area contributed by atoms with Crippen LogP contribution < -0.4 is 0 Å². The van der Waals surface area contributed by atoms with Crippen LogP contribution in [0.3, 0.4) is 0 Å². The van der Waals surface area contributed by atoms with Crippen molar-refractivity contribution in [3.63, 3.8) is 0 Å². The molecule has 0 bridgehead atoms. The quantitative estimate of drug-likeness (QED) is 0.915. The summed E-state index contributed by atoms with van der Waals surface area (Å²) in [6.45, 7) is 1.78. The Morgan fingerprint density at radius 3 is 2.69 bits per heavy atom. The highest BCUT2D eigenvalue weighted by atomic mass is 79.9. The molecule has 1 N–H and O–H groups in total. The molecule has 2 nitrogen and oxygen atoms in total. The third-order valence-electron chi connectivity index (χ3n) is 2.32. The van der Waals surface area contributed by atoms with Crippen molar-refractivity contribution >= 4 is 15.9 Å². The molecule has 4 heteroatoms. The minimum atomic E-state index is -0.887. The van der Waals surface area contributed by atoms with E-state index in [0.717, 1.165) is 5.56 Å². The number of hydrogen-bond acceptors (Lipinski definition) is 2. The van der Waals surface area contributed by atoms with E-state index in [-0.39, 0.29) is 5.82 Å².